The quantitative estimate of drug-likeness (QED) is 0.848. The molecule has 21 heavy (non-hydrogen) atoms. The van der Waals surface area contributed by atoms with Gasteiger partial charge >= 0.3 is 0 Å². The summed E-state index contributed by atoms with van der Waals surface area (Å²) in [6.45, 7) is 6.92. The summed E-state index contributed by atoms with van der Waals surface area (Å²) in [6.07, 6.45) is 3.02. The number of ether oxygens (including phenoxy) is 1. The molecule has 0 aliphatic carbocycles. The molecule has 9 nitrogen and oxygen atoms in total. The maximum absolute atomic E-state index is 5.46. The van der Waals surface area contributed by atoms with Gasteiger partial charge in [-0.2, -0.15) is 24.7 Å². The number of aromatic nitrogens is 6. The normalized spacial score (nSPS) is 18.8. The van der Waals surface area contributed by atoms with Crippen molar-refractivity contribution in [2.45, 2.75) is 19.9 Å². The Morgan fingerprint density at radius 3 is 2.90 bits per heavy atom. The monoisotopic (exact) mass is 290 g/mol. The number of nitrogens with one attached hydrogen (secondary N) is 1. The first kappa shape index (κ1) is 13.7. The number of morpholine rings is 1. The summed E-state index contributed by atoms with van der Waals surface area (Å²) < 4.78 is 6.98. The molecule has 1 N–H and O–H groups in total. The summed E-state index contributed by atoms with van der Waals surface area (Å²) in [5, 5.41) is 7.20. The summed E-state index contributed by atoms with van der Waals surface area (Å²) in [7, 11) is 0. The third-order valence-electron chi connectivity index (χ3n) is 3.19. The third-order valence-corrected chi connectivity index (χ3v) is 3.19. The van der Waals surface area contributed by atoms with E-state index in [0.717, 1.165) is 13.1 Å². The van der Waals surface area contributed by atoms with Gasteiger partial charge in [-0.3, -0.25) is 0 Å². The minimum atomic E-state index is 0.222. The smallest absolute Gasteiger partial charge is 0.258 e. The van der Waals surface area contributed by atoms with Gasteiger partial charge in [0.2, 0.25) is 11.9 Å². The van der Waals surface area contributed by atoms with Crippen molar-refractivity contribution in [3.63, 3.8) is 0 Å². The van der Waals surface area contributed by atoms with Gasteiger partial charge in [0, 0.05) is 13.1 Å². The summed E-state index contributed by atoms with van der Waals surface area (Å²) >= 11 is 0. The average Bonchev–Trinajstić information content (AvgIpc) is 3.02. The van der Waals surface area contributed by atoms with Crippen LogP contribution < -0.4 is 10.2 Å². The van der Waals surface area contributed by atoms with Crippen LogP contribution in [0.1, 0.15) is 13.8 Å². The van der Waals surface area contributed by atoms with E-state index in [1.807, 2.05) is 6.92 Å². The standard InChI is InChI=1S/C12H18N8O/c1-3-14-10-16-11(19-4-5-21-6-9(19)2)18-12(17-10)20-8-13-7-15-20/h7-9H,3-6H2,1-2H3,(H,14,16,17,18). The molecule has 0 bridgehead atoms. The van der Waals surface area contributed by atoms with Crippen LogP contribution in [-0.4, -0.2) is 62.1 Å². The number of hydrogen-bond acceptors (Lipinski definition) is 8. The average molecular weight is 290 g/mol. The number of hydrogen-bond donors (Lipinski definition) is 1. The van der Waals surface area contributed by atoms with E-state index in [1.54, 1.807) is 6.33 Å². The first-order valence-electron chi connectivity index (χ1n) is 6.97. The summed E-state index contributed by atoms with van der Waals surface area (Å²) in [6, 6.07) is 0.222. The Hall–Kier alpha value is -2.29. The predicted octanol–water partition coefficient (Wildman–Crippen LogP) is 0.109. The van der Waals surface area contributed by atoms with Gasteiger partial charge in [-0.15, -0.1) is 0 Å². The Labute approximate surface area is 122 Å². The molecule has 0 radical (unpaired) electrons. The van der Waals surface area contributed by atoms with Crippen LogP contribution in [-0.2, 0) is 4.74 Å². The lowest BCUT2D eigenvalue weighted by atomic mass is 10.3. The molecule has 0 aromatic carbocycles. The van der Waals surface area contributed by atoms with Crippen molar-refractivity contribution in [1.29, 1.82) is 0 Å². The Bertz CT molecular complexity index is 587. The highest BCUT2D eigenvalue weighted by Crippen LogP contribution is 2.17. The molecule has 1 unspecified atom stereocenters. The molecule has 1 fully saturated rings. The Morgan fingerprint density at radius 1 is 1.33 bits per heavy atom. The lowest BCUT2D eigenvalue weighted by Gasteiger charge is -2.33. The molecule has 9 heteroatoms. The van der Waals surface area contributed by atoms with E-state index in [9.17, 15) is 0 Å². The highest BCUT2D eigenvalue weighted by Gasteiger charge is 2.23. The van der Waals surface area contributed by atoms with Crippen molar-refractivity contribution in [3.8, 4) is 5.95 Å². The largest absolute Gasteiger partial charge is 0.377 e. The predicted molar refractivity (Wildman–Crippen MR) is 76.5 cm³/mol. The summed E-state index contributed by atoms with van der Waals surface area (Å²) in [5.41, 5.74) is 0. The minimum Gasteiger partial charge on any atom is -0.377 e. The Kier molecular flexibility index (Phi) is 3.91. The minimum absolute atomic E-state index is 0.222. The zero-order valence-electron chi connectivity index (χ0n) is 12.1. The molecule has 0 amide bonds. The second-order valence-electron chi connectivity index (χ2n) is 4.75. The van der Waals surface area contributed by atoms with Crippen LogP contribution in [0.25, 0.3) is 5.95 Å². The van der Waals surface area contributed by atoms with E-state index in [0.29, 0.717) is 31.1 Å². The van der Waals surface area contributed by atoms with Gasteiger partial charge < -0.3 is 15.0 Å². The lowest BCUT2D eigenvalue weighted by Crippen LogP contribution is -2.44. The van der Waals surface area contributed by atoms with Gasteiger partial charge in [-0.1, -0.05) is 0 Å². The van der Waals surface area contributed by atoms with Crippen LogP contribution in [0, 0.1) is 0 Å². The fourth-order valence-corrected chi connectivity index (χ4v) is 2.16. The van der Waals surface area contributed by atoms with E-state index in [-0.39, 0.29) is 6.04 Å². The third kappa shape index (κ3) is 2.92. The molecule has 3 rings (SSSR count). The highest BCUT2D eigenvalue weighted by atomic mass is 16.5. The fraction of sp³-hybridized carbons (Fsp3) is 0.583. The molecule has 1 aliphatic rings. The first-order chi connectivity index (χ1) is 10.3. The van der Waals surface area contributed by atoms with Crippen molar-refractivity contribution < 1.29 is 4.74 Å². The maximum atomic E-state index is 5.46. The van der Waals surface area contributed by atoms with Crippen LogP contribution in [0.4, 0.5) is 11.9 Å². The van der Waals surface area contributed by atoms with Crippen LogP contribution in [0.5, 0.6) is 0 Å². The lowest BCUT2D eigenvalue weighted by molar-refractivity contribution is 0.0980. The fourth-order valence-electron chi connectivity index (χ4n) is 2.16. The molecule has 2 aromatic heterocycles. The van der Waals surface area contributed by atoms with E-state index >= 15 is 0 Å². The highest BCUT2D eigenvalue weighted by molar-refractivity contribution is 5.41. The van der Waals surface area contributed by atoms with Crippen molar-refractivity contribution in [2.75, 3.05) is 36.5 Å². The molecular formula is C12H18N8O. The van der Waals surface area contributed by atoms with E-state index in [4.69, 9.17) is 4.74 Å². The molecule has 1 atom stereocenters. The van der Waals surface area contributed by atoms with Gasteiger partial charge in [0.1, 0.15) is 12.7 Å². The van der Waals surface area contributed by atoms with Crippen LogP contribution >= 0.6 is 0 Å². The van der Waals surface area contributed by atoms with Crippen molar-refractivity contribution >= 4 is 11.9 Å². The Morgan fingerprint density at radius 2 is 2.19 bits per heavy atom. The van der Waals surface area contributed by atoms with Crippen molar-refractivity contribution in [3.05, 3.63) is 12.7 Å². The Balaban J connectivity index is 1.98. The first-order valence-corrected chi connectivity index (χ1v) is 6.97. The van der Waals surface area contributed by atoms with Gasteiger partial charge in [0.25, 0.3) is 5.95 Å². The summed E-state index contributed by atoms with van der Waals surface area (Å²) in [4.78, 5) is 19.4. The van der Waals surface area contributed by atoms with Gasteiger partial charge in [0.15, 0.2) is 0 Å². The molecule has 3 heterocycles. The van der Waals surface area contributed by atoms with Gasteiger partial charge in [-0.25, -0.2) is 4.98 Å². The van der Waals surface area contributed by atoms with Gasteiger partial charge in [0.05, 0.1) is 19.3 Å². The summed E-state index contributed by atoms with van der Waals surface area (Å²) in [5.74, 6) is 1.61. The maximum Gasteiger partial charge on any atom is 0.258 e. The van der Waals surface area contributed by atoms with E-state index in [2.05, 4.69) is 42.2 Å². The second kappa shape index (κ2) is 6.00. The SMILES string of the molecule is CCNc1nc(N2CCOCC2C)nc(-n2cncn2)n1. The van der Waals surface area contributed by atoms with Crippen LogP contribution in [0.15, 0.2) is 12.7 Å². The zero-order valence-corrected chi connectivity index (χ0v) is 12.1. The molecule has 0 saturated carbocycles. The molecule has 112 valence electrons. The topological polar surface area (TPSA) is 93.9 Å². The molecular weight excluding hydrogens is 272 g/mol. The van der Waals surface area contributed by atoms with Crippen molar-refractivity contribution in [1.82, 2.24) is 29.7 Å². The van der Waals surface area contributed by atoms with E-state index < -0.39 is 0 Å². The van der Waals surface area contributed by atoms with Crippen molar-refractivity contribution in [2.24, 2.45) is 0 Å². The molecule has 0 spiro atoms. The molecule has 1 aliphatic heterocycles. The number of nitrogens with zero attached hydrogens (tertiary/aromatic N) is 7. The molecule has 1 saturated heterocycles. The second-order valence-corrected chi connectivity index (χ2v) is 4.75. The van der Waals surface area contributed by atoms with E-state index in [1.165, 1.54) is 11.0 Å². The van der Waals surface area contributed by atoms with Crippen LogP contribution in [0.2, 0.25) is 0 Å². The number of rotatable bonds is 4. The van der Waals surface area contributed by atoms with Crippen LogP contribution in [0.3, 0.4) is 0 Å². The van der Waals surface area contributed by atoms with Gasteiger partial charge in [-0.05, 0) is 13.8 Å². The number of anilines is 2. The zero-order chi connectivity index (χ0) is 14.7. The molecule has 2 aromatic rings.